The summed E-state index contributed by atoms with van der Waals surface area (Å²) in [6, 6.07) is 14.9. The third-order valence-electron chi connectivity index (χ3n) is 2.85. The molecule has 0 unspecified atom stereocenters. The maximum absolute atomic E-state index is 12.0. The van der Waals surface area contributed by atoms with Gasteiger partial charge in [-0.05, 0) is 12.1 Å². The van der Waals surface area contributed by atoms with Crippen LogP contribution in [-0.2, 0) is 0 Å². The lowest BCUT2D eigenvalue weighted by Gasteiger charge is -2.04. The van der Waals surface area contributed by atoms with E-state index < -0.39 is 0 Å². The number of rotatable bonds is 3. The molecule has 0 radical (unpaired) electrons. The molecule has 0 saturated heterocycles. The molecule has 3 rings (SSSR count). The number of carbonyl (C=O) groups excluding carboxylic acids is 1. The van der Waals surface area contributed by atoms with Crippen LogP contribution in [0, 0.1) is 0 Å². The Morgan fingerprint density at radius 1 is 0.857 bits per heavy atom. The maximum atomic E-state index is 12.0. The minimum Gasteiger partial charge on any atom is -0.306 e. The number of anilines is 1. The van der Waals surface area contributed by atoms with Crippen LogP contribution in [0.5, 0.6) is 0 Å². The van der Waals surface area contributed by atoms with Crippen molar-refractivity contribution >= 4 is 11.7 Å². The monoisotopic (exact) mass is 276 g/mol. The van der Waals surface area contributed by atoms with E-state index in [1.165, 1.54) is 12.4 Å². The van der Waals surface area contributed by atoms with Gasteiger partial charge in [-0.3, -0.25) is 4.79 Å². The first-order chi connectivity index (χ1) is 10.3. The van der Waals surface area contributed by atoms with Crippen molar-refractivity contribution in [1.82, 2.24) is 15.0 Å². The Kier molecular flexibility index (Phi) is 3.64. The summed E-state index contributed by atoms with van der Waals surface area (Å²) < 4.78 is 0. The van der Waals surface area contributed by atoms with E-state index in [2.05, 4.69) is 20.3 Å². The number of amides is 1. The minimum absolute atomic E-state index is 0.284. The van der Waals surface area contributed by atoms with Crippen LogP contribution in [0.1, 0.15) is 10.4 Å². The van der Waals surface area contributed by atoms with Gasteiger partial charge in [0.15, 0.2) is 5.82 Å². The summed E-state index contributed by atoms with van der Waals surface area (Å²) in [6.45, 7) is 0. The number of aromatic nitrogens is 3. The van der Waals surface area contributed by atoms with Gasteiger partial charge in [-0.15, -0.1) is 0 Å². The molecule has 0 atom stereocenters. The summed E-state index contributed by atoms with van der Waals surface area (Å²) in [6.07, 6.45) is 4.63. The van der Waals surface area contributed by atoms with Gasteiger partial charge >= 0.3 is 0 Å². The fourth-order valence-electron chi connectivity index (χ4n) is 1.81. The van der Waals surface area contributed by atoms with E-state index >= 15 is 0 Å². The van der Waals surface area contributed by atoms with E-state index in [-0.39, 0.29) is 5.91 Å². The van der Waals surface area contributed by atoms with Gasteiger partial charge in [-0.1, -0.05) is 36.4 Å². The van der Waals surface area contributed by atoms with Crippen molar-refractivity contribution in [2.45, 2.75) is 0 Å². The number of pyridine rings is 1. The van der Waals surface area contributed by atoms with E-state index in [4.69, 9.17) is 0 Å². The van der Waals surface area contributed by atoms with Crippen LogP contribution in [0.4, 0.5) is 5.82 Å². The topological polar surface area (TPSA) is 67.8 Å². The van der Waals surface area contributed by atoms with Crippen molar-refractivity contribution < 1.29 is 4.79 Å². The van der Waals surface area contributed by atoms with Crippen molar-refractivity contribution in [2.24, 2.45) is 0 Å². The molecule has 102 valence electrons. The molecule has 21 heavy (non-hydrogen) atoms. The summed E-state index contributed by atoms with van der Waals surface area (Å²) in [5.41, 5.74) is 1.30. The smallest absolute Gasteiger partial charge is 0.259 e. The van der Waals surface area contributed by atoms with Crippen LogP contribution in [0.2, 0.25) is 0 Å². The predicted octanol–water partition coefficient (Wildman–Crippen LogP) is 2.79. The number of carbonyl (C=O) groups is 1. The van der Waals surface area contributed by atoms with Crippen LogP contribution in [0.15, 0.2) is 67.1 Å². The summed E-state index contributed by atoms with van der Waals surface area (Å²) in [5, 5.41) is 2.69. The Bertz CT molecular complexity index is 727. The zero-order valence-electron chi connectivity index (χ0n) is 11.1. The van der Waals surface area contributed by atoms with Crippen LogP contribution >= 0.6 is 0 Å². The number of hydrogen-bond donors (Lipinski definition) is 1. The van der Waals surface area contributed by atoms with Gasteiger partial charge in [0.2, 0.25) is 0 Å². The molecule has 3 aromatic rings. The van der Waals surface area contributed by atoms with Gasteiger partial charge in [0.25, 0.3) is 5.91 Å². The van der Waals surface area contributed by atoms with Gasteiger partial charge in [0.1, 0.15) is 5.82 Å². The van der Waals surface area contributed by atoms with Gasteiger partial charge in [0, 0.05) is 24.2 Å². The number of nitrogens with zero attached hydrogens (tertiary/aromatic N) is 3. The number of benzene rings is 1. The maximum Gasteiger partial charge on any atom is 0.259 e. The summed E-state index contributed by atoms with van der Waals surface area (Å²) >= 11 is 0. The Labute approximate surface area is 121 Å². The summed E-state index contributed by atoms with van der Waals surface area (Å²) in [7, 11) is 0. The lowest BCUT2D eigenvalue weighted by atomic mass is 10.2. The summed E-state index contributed by atoms with van der Waals surface area (Å²) in [5.74, 6) is 0.799. The van der Waals surface area contributed by atoms with E-state index in [1.807, 2.05) is 30.3 Å². The molecule has 1 N–H and O–H groups in total. The Hall–Kier alpha value is -3.08. The first-order valence-electron chi connectivity index (χ1n) is 6.43. The van der Waals surface area contributed by atoms with E-state index in [0.29, 0.717) is 17.2 Å². The van der Waals surface area contributed by atoms with E-state index in [0.717, 1.165) is 5.56 Å². The molecule has 1 amide bonds. The van der Waals surface area contributed by atoms with Crippen molar-refractivity contribution in [3.8, 4) is 11.4 Å². The highest BCUT2D eigenvalue weighted by Crippen LogP contribution is 2.13. The molecule has 0 spiro atoms. The van der Waals surface area contributed by atoms with Gasteiger partial charge in [-0.25, -0.2) is 15.0 Å². The molecule has 5 heteroatoms. The third kappa shape index (κ3) is 3.09. The molecule has 0 aliphatic rings. The second-order valence-electron chi connectivity index (χ2n) is 4.33. The Morgan fingerprint density at radius 3 is 2.24 bits per heavy atom. The van der Waals surface area contributed by atoms with E-state index in [1.54, 1.807) is 24.4 Å². The highest BCUT2D eigenvalue weighted by Gasteiger charge is 2.08. The lowest BCUT2D eigenvalue weighted by Crippen LogP contribution is -2.13. The van der Waals surface area contributed by atoms with Gasteiger partial charge in [0.05, 0.1) is 5.56 Å². The molecule has 0 aliphatic heterocycles. The molecule has 0 aliphatic carbocycles. The third-order valence-corrected chi connectivity index (χ3v) is 2.85. The molecular formula is C16H12N4O. The molecule has 2 aromatic heterocycles. The first-order valence-corrected chi connectivity index (χ1v) is 6.43. The first kappa shape index (κ1) is 12.9. The highest BCUT2D eigenvalue weighted by molar-refractivity contribution is 6.03. The molecule has 5 nitrogen and oxygen atoms in total. The van der Waals surface area contributed by atoms with Crippen molar-refractivity contribution in [3.05, 3.63) is 72.7 Å². The minimum atomic E-state index is -0.284. The van der Waals surface area contributed by atoms with Crippen molar-refractivity contribution in [1.29, 1.82) is 0 Å². The second-order valence-corrected chi connectivity index (χ2v) is 4.33. The van der Waals surface area contributed by atoms with Crippen LogP contribution < -0.4 is 5.32 Å². The fourth-order valence-corrected chi connectivity index (χ4v) is 1.81. The Morgan fingerprint density at radius 2 is 1.57 bits per heavy atom. The van der Waals surface area contributed by atoms with E-state index in [9.17, 15) is 4.79 Å². The van der Waals surface area contributed by atoms with Crippen LogP contribution in [-0.4, -0.2) is 20.9 Å². The molecular weight excluding hydrogens is 264 g/mol. The molecule has 1 aromatic carbocycles. The van der Waals surface area contributed by atoms with Crippen LogP contribution in [0.3, 0.4) is 0 Å². The number of hydrogen-bond acceptors (Lipinski definition) is 4. The summed E-state index contributed by atoms with van der Waals surface area (Å²) in [4.78, 5) is 24.5. The fraction of sp³-hybridized carbons (Fsp3) is 0. The average Bonchev–Trinajstić information content (AvgIpc) is 2.57. The molecule has 0 saturated carbocycles. The number of nitrogens with one attached hydrogen (secondary N) is 1. The quantitative estimate of drug-likeness (QED) is 0.798. The zero-order valence-corrected chi connectivity index (χ0v) is 11.1. The normalized spacial score (nSPS) is 10.1. The second kappa shape index (κ2) is 5.92. The average molecular weight is 276 g/mol. The standard InChI is InChI=1S/C16H12N4O/c21-16(20-14-8-4-5-9-17-14)13-10-18-15(19-11-13)12-6-2-1-3-7-12/h1-11H,(H,17,20,21). The predicted molar refractivity (Wildman–Crippen MR) is 79.7 cm³/mol. The van der Waals surface area contributed by atoms with Gasteiger partial charge in [-0.2, -0.15) is 0 Å². The van der Waals surface area contributed by atoms with Crippen molar-refractivity contribution in [2.75, 3.05) is 5.32 Å². The SMILES string of the molecule is O=C(Nc1ccccn1)c1cnc(-c2ccccc2)nc1. The zero-order chi connectivity index (χ0) is 14.5. The lowest BCUT2D eigenvalue weighted by molar-refractivity contribution is 0.102. The van der Waals surface area contributed by atoms with Crippen molar-refractivity contribution in [3.63, 3.8) is 0 Å². The highest BCUT2D eigenvalue weighted by atomic mass is 16.1. The molecule has 0 bridgehead atoms. The largest absolute Gasteiger partial charge is 0.306 e. The van der Waals surface area contributed by atoms with Gasteiger partial charge < -0.3 is 5.32 Å². The molecule has 2 heterocycles. The van der Waals surface area contributed by atoms with Crippen LogP contribution in [0.25, 0.3) is 11.4 Å². The Balaban J connectivity index is 1.77. The molecule has 0 fully saturated rings.